The van der Waals surface area contributed by atoms with Crippen molar-refractivity contribution in [3.63, 3.8) is 0 Å². The van der Waals surface area contributed by atoms with Crippen LogP contribution in [-0.4, -0.2) is 33.1 Å². The van der Waals surface area contributed by atoms with Gasteiger partial charge >= 0.3 is 11.7 Å². The fourth-order valence-corrected chi connectivity index (χ4v) is 3.36. The van der Waals surface area contributed by atoms with Crippen LogP contribution in [0.2, 0.25) is 0 Å². The summed E-state index contributed by atoms with van der Waals surface area (Å²) in [6, 6.07) is 10.2. The van der Waals surface area contributed by atoms with Crippen LogP contribution < -0.4 is 16.6 Å². The Morgan fingerprint density at radius 2 is 1.90 bits per heavy atom. The molecule has 0 atom stereocenters. The predicted octanol–water partition coefficient (Wildman–Crippen LogP) is 1.40. The summed E-state index contributed by atoms with van der Waals surface area (Å²) in [4.78, 5) is 55.3. The van der Waals surface area contributed by atoms with E-state index in [0.29, 0.717) is 11.4 Å². The van der Waals surface area contributed by atoms with Crippen LogP contribution >= 0.6 is 0 Å². The van der Waals surface area contributed by atoms with Gasteiger partial charge in [-0.15, -0.1) is 0 Å². The summed E-state index contributed by atoms with van der Waals surface area (Å²) in [6.07, 6.45) is 1.87. The van der Waals surface area contributed by atoms with Gasteiger partial charge < -0.3 is 10.1 Å². The molecule has 1 aliphatic carbocycles. The number of amides is 1. The number of nitrogens with zero attached hydrogens (tertiary/aromatic N) is 3. The molecule has 0 saturated heterocycles. The van der Waals surface area contributed by atoms with Crippen molar-refractivity contribution >= 4 is 28.6 Å². The first-order valence-electron chi connectivity index (χ1n) is 9.48. The molecule has 4 rings (SSSR count). The zero-order valence-electron chi connectivity index (χ0n) is 16.5. The van der Waals surface area contributed by atoms with Crippen molar-refractivity contribution < 1.29 is 14.3 Å². The molecule has 30 heavy (non-hydrogen) atoms. The second kappa shape index (κ2) is 7.58. The Hall–Kier alpha value is -3.75. The van der Waals surface area contributed by atoms with Crippen LogP contribution in [0.25, 0.3) is 11.0 Å². The fourth-order valence-electron chi connectivity index (χ4n) is 3.36. The Bertz CT molecular complexity index is 1270. The molecule has 1 fully saturated rings. The molecule has 3 aromatic rings. The summed E-state index contributed by atoms with van der Waals surface area (Å²) in [5.41, 5.74) is -0.105. The van der Waals surface area contributed by atoms with Crippen molar-refractivity contribution in [2.75, 3.05) is 12.4 Å². The molecule has 1 N–H and O–H groups in total. The van der Waals surface area contributed by atoms with E-state index in [1.165, 1.54) is 18.7 Å². The second-order valence-corrected chi connectivity index (χ2v) is 7.21. The predicted molar refractivity (Wildman–Crippen MR) is 110 cm³/mol. The number of rotatable bonds is 5. The molecule has 0 radical (unpaired) electrons. The Morgan fingerprint density at radius 3 is 2.53 bits per heavy atom. The number of nitrogens with one attached hydrogen (secondary N) is 1. The molecule has 1 aromatic carbocycles. The van der Waals surface area contributed by atoms with Crippen molar-refractivity contribution in [2.24, 2.45) is 7.05 Å². The molecular weight excluding hydrogens is 388 g/mol. The lowest BCUT2D eigenvalue weighted by molar-refractivity contribution is -0.116. The summed E-state index contributed by atoms with van der Waals surface area (Å²) in [5, 5.41) is 2.60. The van der Waals surface area contributed by atoms with Crippen LogP contribution in [0.3, 0.4) is 0 Å². The first kappa shape index (κ1) is 19.6. The zero-order chi connectivity index (χ0) is 21.4. The average molecular weight is 408 g/mol. The van der Waals surface area contributed by atoms with Crippen LogP contribution in [-0.2, 0) is 23.1 Å². The summed E-state index contributed by atoms with van der Waals surface area (Å²) < 4.78 is 6.83. The van der Waals surface area contributed by atoms with Crippen LogP contribution in [0.15, 0.2) is 46.0 Å². The number of carbonyl (C=O) groups is 2. The van der Waals surface area contributed by atoms with Crippen molar-refractivity contribution in [1.29, 1.82) is 0 Å². The number of carbonyl (C=O) groups excluding carboxylic acids is 2. The zero-order valence-corrected chi connectivity index (χ0v) is 16.5. The SMILES string of the molecule is COC(=O)c1cc(C2CC2)nc2c1c(=O)n(CC(=O)Nc1ccccc1)c(=O)n2C. The van der Waals surface area contributed by atoms with Gasteiger partial charge in [0.15, 0.2) is 0 Å². The van der Waals surface area contributed by atoms with Gasteiger partial charge in [-0.3, -0.25) is 18.7 Å². The highest BCUT2D eigenvalue weighted by Crippen LogP contribution is 2.39. The van der Waals surface area contributed by atoms with Gasteiger partial charge in [0.25, 0.3) is 5.56 Å². The van der Waals surface area contributed by atoms with E-state index in [1.54, 1.807) is 36.4 Å². The van der Waals surface area contributed by atoms with Gasteiger partial charge in [0, 0.05) is 24.3 Å². The second-order valence-electron chi connectivity index (χ2n) is 7.21. The highest BCUT2D eigenvalue weighted by molar-refractivity contribution is 6.02. The lowest BCUT2D eigenvalue weighted by Crippen LogP contribution is -2.42. The standard InChI is InChI=1S/C21H20N4O5/c1-24-18-17(14(20(28)30-2)10-15(23-18)12-8-9-12)19(27)25(21(24)29)11-16(26)22-13-6-4-3-5-7-13/h3-7,10,12H,8-9,11H2,1-2H3,(H,22,26). The maximum absolute atomic E-state index is 13.1. The fraction of sp³-hybridized carbons (Fsp3) is 0.286. The Kier molecular flexibility index (Phi) is 4.94. The molecule has 2 heterocycles. The molecule has 0 unspecified atom stereocenters. The molecule has 154 valence electrons. The number of pyridine rings is 1. The number of fused-ring (bicyclic) bond motifs is 1. The van der Waals surface area contributed by atoms with Crippen molar-refractivity contribution in [3.05, 3.63) is 68.5 Å². The van der Waals surface area contributed by atoms with Gasteiger partial charge in [-0.2, -0.15) is 0 Å². The highest BCUT2D eigenvalue weighted by atomic mass is 16.5. The molecule has 1 aliphatic rings. The molecule has 0 bridgehead atoms. The molecule has 1 saturated carbocycles. The Balaban J connectivity index is 1.84. The number of anilines is 1. The minimum Gasteiger partial charge on any atom is -0.465 e. The number of hydrogen-bond acceptors (Lipinski definition) is 6. The molecule has 0 spiro atoms. The third-order valence-electron chi connectivity index (χ3n) is 5.07. The molecule has 9 nitrogen and oxygen atoms in total. The molecule has 9 heteroatoms. The smallest absolute Gasteiger partial charge is 0.338 e. The normalized spacial score (nSPS) is 13.3. The minimum atomic E-state index is -0.758. The van der Waals surface area contributed by atoms with E-state index in [-0.39, 0.29) is 22.5 Å². The number of para-hydroxylation sites is 1. The monoisotopic (exact) mass is 408 g/mol. The summed E-state index contributed by atoms with van der Waals surface area (Å²) in [7, 11) is 2.68. The van der Waals surface area contributed by atoms with Crippen molar-refractivity contribution in [3.8, 4) is 0 Å². The van der Waals surface area contributed by atoms with Crippen LogP contribution in [0.5, 0.6) is 0 Å². The van der Waals surface area contributed by atoms with E-state index in [9.17, 15) is 19.2 Å². The maximum atomic E-state index is 13.1. The quantitative estimate of drug-likeness (QED) is 0.639. The van der Waals surface area contributed by atoms with Crippen molar-refractivity contribution in [2.45, 2.75) is 25.3 Å². The largest absolute Gasteiger partial charge is 0.465 e. The lowest BCUT2D eigenvalue weighted by atomic mass is 10.1. The van der Waals surface area contributed by atoms with Gasteiger partial charge in [0.1, 0.15) is 12.2 Å². The van der Waals surface area contributed by atoms with Crippen LogP contribution in [0, 0.1) is 0 Å². The van der Waals surface area contributed by atoms with E-state index in [2.05, 4.69) is 10.3 Å². The Morgan fingerprint density at radius 1 is 1.20 bits per heavy atom. The lowest BCUT2D eigenvalue weighted by Gasteiger charge is -2.13. The number of benzene rings is 1. The number of hydrogen-bond donors (Lipinski definition) is 1. The first-order valence-corrected chi connectivity index (χ1v) is 9.48. The van der Waals surface area contributed by atoms with Crippen LogP contribution in [0.1, 0.15) is 34.8 Å². The number of esters is 1. The first-order chi connectivity index (χ1) is 14.4. The number of aryl methyl sites for hydroxylation is 1. The van der Waals surface area contributed by atoms with Gasteiger partial charge in [0.05, 0.1) is 18.1 Å². The maximum Gasteiger partial charge on any atom is 0.338 e. The Labute approximate surface area is 170 Å². The average Bonchev–Trinajstić information content (AvgIpc) is 3.60. The third kappa shape index (κ3) is 3.49. The van der Waals surface area contributed by atoms with Gasteiger partial charge in [0.2, 0.25) is 5.91 Å². The van der Waals surface area contributed by atoms with Gasteiger partial charge in [-0.1, -0.05) is 18.2 Å². The minimum absolute atomic E-state index is 0.0409. The summed E-state index contributed by atoms with van der Waals surface area (Å²) in [5.74, 6) is -1.03. The highest BCUT2D eigenvalue weighted by Gasteiger charge is 2.29. The van der Waals surface area contributed by atoms with Gasteiger partial charge in [-0.25, -0.2) is 14.6 Å². The topological polar surface area (TPSA) is 112 Å². The summed E-state index contributed by atoms with van der Waals surface area (Å²) >= 11 is 0. The third-order valence-corrected chi connectivity index (χ3v) is 5.07. The van der Waals surface area contributed by atoms with Crippen LogP contribution in [0.4, 0.5) is 5.69 Å². The molecule has 2 aromatic heterocycles. The van der Waals surface area contributed by atoms with E-state index < -0.39 is 29.7 Å². The van der Waals surface area contributed by atoms with Crippen molar-refractivity contribution in [1.82, 2.24) is 14.1 Å². The number of ether oxygens (including phenoxy) is 1. The number of aromatic nitrogens is 3. The molecule has 0 aliphatic heterocycles. The number of methoxy groups -OCH3 is 1. The molecule has 1 amide bonds. The summed E-state index contributed by atoms with van der Waals surface area (Å²) in [6.45, 7) is -0.499. The molecular formula is C21H20N4O5. The van der Waals surface area contributed by atoms with E-state index in [4.69, 9.17) is 4.74 Å². The van der Waals surface area contributed by atoms with E-state index in [1.807, 2.05) is 0 Å². The van der Waals surface area contributed by atoms with Gasteiger partial charge in [-0.05, 0) is 31.0 Å². The van der Waals surface area contributed by atoms with E-state index >= 15 is 0 Å². The van der Waals surface area contributed by atoms with E-state index in [0.717, 1.165) is 17.4 Å².